The van der Waals surface area contributed by atoms with Crippen molar-refractivity contribution in [1.29, 1.82) is 0 Å². The molecule has 0 aromatic carbocycles. The summed E-state index contributed by atoms with van der Waals surface area (Å²) in [6.07, 6.45) is 40.5. The Labute approximate surface area is 537 Å². The van der Waals surface area contributed by atoms with Gasteiger partial charge in [-0.1, -0.05) is 287 Å². The van der Waals surface area contributed by atoms with E-state index in [1.807, 2.05) is 0 Å². The Kier molecular flexibility index (Phi) is 57.6. The predicted octanol–water partition coefficient (Wildman–Crippen LogP) is 19.3. The number of aliphatic hydroxyl groups is 1. The van der Waals surface area contributed by atoms with Crippen molar-refractivity contribution < 1.29 is 80.2 Å². The molecule has 0 saturated carbocycles. The van der Waals surface area contributed by atoms with Crippen LogP contribution in [-0.4, -0.2) is 96.7 Å². The summed E-state index contributed by atoms with van der Waals surface area (Å²) in [7, 11) is -9.90. The van der Waals surface area contributed by atoms with Crippen LogP contribution in [0.2, 0.25) is 0 Å². The van der Waals surface area contributed by atoms with Crippen LogP contribution in [-0.2, 0) is 65.4 Å². The molecule has 19 heteroatoms. The molecule has 0 radical (unpaired) electrons. The molecular weight excluding hydrogens is 1160 g/mol. The van der Waals surface area contributed by atoms with Crippen molar-refractivity contribution in [3.63, 3.8) is 0 Å². The van der Waals surface area contributed by atoms with Crippen LogP contribution in [0.3, 0.4) is 0 Å². The van der Waals surface area contributed by atoms with Crippen molar-refractivity contribution >= 4 is 39.5 Å². The number of hydrogen-bond donors (Lipinski definition) is 3. The second-order valence-corrected chi connectivity index (χ2v) is 29.3. The number of phosphoric ester groups is 2. The predicted molar refractivity (Wildman–Crippen MR) is 354 cm³/mol. The van der Waals surface area contributed by atoms with Gasteiger partial charge in [0.2, 0.25) is 0 Å². The van der Waals surface area contributed by atoms with Gasteiger partial charge in [0.05, 0.1) is 26.4 Å². The maximum Gasteiger partial charge on any atom is 0.472 e. The van der Waals surface area contributed by atoms with Crippen LogP contribution in [0.4, 0.5) is 0 Å². The Morgan fingerprint density at radius 1 is 0.318 bits per heavy atom. The molecule has 0 aromatic rings. The van der Waals surface area contributed by atoms with Gasteiger partial charge in [-0.15, -0.1) is 0 Å². The van der Waals surface area contributed by atoms with E-state index in [0.29, 0.717) is 31.6 Å². The molecule has 522 valence electrons. The minimum atomic E-state index is -4.95. The summed E-state index contributed by atoms with van der Waals surface area (Å²) in [6.45, 7) is 14.0. The van der Waals surface area contributed by atoms with Crippen molar-refractivity contribution in [3.05, 3.63) is 0 Å². The number of esters is 4. The molecule has 0 heterocycles. The lowest BCUT2D eigenvalue weighted by molar-refractivity contribution is -0.161. The first-order valence-corrected chi connectivity index (χ1v) is 38.8. The Bertz CT molecular complexity index is 1750. The molecular formula is C69H134O17P2. The van der Waals surface area contributed by atoms with Gasteiger partial charge in [0.1, 0.15) is 19.3 Å². The molecule has 0 saturated heterocycles. The number of carbonyl (C=O) groups is 4. The fraction of sp³-hybridized carbons (Fsp3) is 0.942. The largest absolute Gasteiger partial charge is 0.472 e. The van der Waals surface area contributed by atoms with Gasteiger partial charge in [0, 0.05) is 25.7 Å². The standard InChI is InChI=1S/C69H134O17P2/c1-9-61(7)47-39-31-22-19-20-23-33-41-49-66(71)79-55-65(86-69(74)52-44-36-27-25-30-38-46-60(5)6)58-84-88(77,78)82-54-63(70)53-81-87(75,76)83-57-64(56-80-67(72)50-42-34-28-26-32-40-48-62(8)10-2)85-68(73)51-43-35-24-18-16-14-12-11-13-15-17-21-29-37-45-59(3)4/h59-65,70H,9-58H2,1-8H3,(H,75,76)(H,77,78)/t61?,62?,63-,64+,65+/m0/s1. The van der Waals surface area contributed by atoms with E-state index in [2.05, 4.69) is 55.4 Å². The zero-order chi connectivity index (χ0) is 65.4. The highest BCUT2D eigenvalue weighted by atomic mass is 31.2. The lowest BCUT2D eigenvalue weighted by atomic mass is 9.99. The number of unbranched alkanes of at least 4 members (excludes halogenated alkanes) is 30. The molecule has 0 aromatic heterocycles. The zero-order valence-electron chi connectivity index (χ0n) is 57.3. The molecule has 0 rings (SSSR count). The first-order valence-electron chi connectivity index (χ1n) is 35.8. The van der Waals surface area contributed by atoms with Gasteiger partial charge < -0.3 is 33.8 Å². The van der Waals surface area contributed by atoms with Crippen molar-refractivity contribution in [1.82, 2.24) is 0 Å². The summed E-state index contributed by atoms with van der Waals surface area (Å²) in [5.41, 5.74) is 0. The first-order chi connectivity index (χ1) is 42.2. The van der Waals surface area contributed by atoms with Crippen molar-refractivity contribution in [2.75, 3.05) is 39.6 Å². The number of ether oxygens (including phenoxy) is 4. The van der Waals surface area contributed by atoms with E-state index in [1.54, 1.807) is 0 Å². The number of carbonyl (C=O) groups excluding carboxylic acids is 4. The molecule has 0 aliphatic heterocycles. The normalized spacial score (nSPS) is 14.9. The summed E-state index contributed by atoms with van der Waals surface area (Å²) in [4.78, 5) is 72.4. The molecule has 0 aliphatic carbocycles. The quantitative estimate of drug-likeness (QED) is 0.0222. The van der Waals surface area contributed by atoms with Gasteiger partial charge in [-0.3, -0.25) is 37.3 Å². The molecule has 7 atom stereocenters. The van der Waals surface area contributed by atoms with Crippen molar-refractivity contribution in [2.45, 2.75) is 356 Å². The Balaban J connectivity index is 5.22. The third-order valence-electron chi connectivity index (χ3n) is 16.5. The van der Waals surface area contributed by atoms with Gasteiger partial charge in [-0.25, -0.2) is 9.13 Å². The minimum Gasteiger partial charge on any atom is -0.462 e. The average molecular weight is 1300 g/mol. The fourth-order valence-electron chi connectivity index (χ4n) is 10.2. The summed E-state index contributed by atoms with van der Waals surface area (Å²) < 4.78 is 68.2. The number of hydrogen-bond acceptors (Lipinski definition) is 15. The minimum absolute atomic E-state index is 0.101. The monoisotopic (exact) mass is 1300 g/mol. The maximum absolute atomic E-state index is 13.0. The molecule has 17 nitrogen and oxygen atoms in total. The lowest BCUT2D eigenvalue weighted by Crippen LogP contribution is -2.30. The van der Waals surface area contributed by atoms with Gasteiger partial charge in [0.15, 0.2) is 12.2 Å². The molecule has 0 spiro atoms. The lowest BCUT2D eigenvalue weighted by Gasteiger charge is -2.21. The van der Waals surface area contributed by atoms with E-state index in [4.69, 9.17) is 37.0 Å². The molecule has 0 amide bonds. The van der Waals surface area contributed by atoms with Crippen LogP contribution < -0.4 is 0 Å². The Morgan fingerprint density at radius 3 is 0.807 bits per heavy atom. The maximum atomic E-state index is 13.0. The van der Waals surface area contributed by atoms with Crippen molar-refractivity contribution in [3.8, 4) is 0 Å². The van der Waals surface area contributed by atoms with Crippen LogP contribution in [0.5, 0.6) is 0 Å². The van der Waals surface area contributed by atoms with Gasteiger partial charge >= 0.3 is 39.5 Å². The fourth-order valence-corrected chi connectivity index (χ4v) is 11.8. The third kappa shape index (κ3) is 60.3. The zero-order valence-corrected chi connectivity index (χ0v) is 59.1. The summed E-state index contributed by atoms with van der Waals surface area (Å²) in [5.74, 6) is 0.837. The van der Waals surface area contributed by atoms with E-state index in [-0.39, 0.29) is 25.7 Å². The first kappa shape index (κ1) is 86.1. The molecule has 3 N–H and O–H groups in total. The van der Waals surface area contributed by atoms with Gasteiger partial charge in [-0.05, 0) is 49.4 Å². The van der Waals surface area contributed by atoms with E-state index in [1.165, 1.54) is 135 Å². The number of aliphatic hydroxyl groups excluding tert-OH is 1. The molecule has 0 bridgehead atoms. The highest BCUT2D eigenvalue weighted by Crippen LogP contribution is 2.45. The molecule has 88 heavy (non-hydrogen) atoms. The van der Waals surface area contributed by atoms with E-state index < -0.39 is 97.5 Å². The van der Waals surface area contributed by atoms with Crippen molar-refractivity contribution in [2.24, 2.45) is 23.7 Å². The average Bonchev–Trinajstić information content (AvgIpc) is 3.49. The highest BCUT2D eigenvalue weighted by molar-refractivity contribution is 7.47. The van der Waals surface area contributed by atoms with E-state index >= 15 is 0 Å². The summed E-state index contributed by atoms with van der Waals surface area (Å²) in [5, 5.41) is 10.6. The molecule has 0 fully saturated rings. The highest BCUT2D eigenvalue weighted by Gasteiger charge is 2.30. The topological polar surface area (TPSA) is 237 Å². The van der Waals surface area contributed by atoms with Crippen LogP contribution in [0.15, 0.2) is 0 Å². The second-order valence-electron chi connectivity index (χ2n) is 26.4. The van der Waals surface area contributed by atoms with E-state index in [9.17, 15) is 43.2 Å². The molecule has 4 unspecified atom stereocenters. The Morgan fingerprint density at radius 2 is 0.545 bits per heavy atom. The smallest absolute Gasteiger partial charge is 0.462 e. The van der Waals surface area contributed by atoms with E-state index in [0.717, 1.165) is 114 Å². The Hall–Kier alpha value is -1.94. The third-order valence-corrected chi connectivity index (χ3v) is 18.4. The second kappa shape index (κ2) is 58.8. The SMILES string of the molecule is CCC(C)CCCCCCCCCCC(=O)OC[C@H](COP(=O)(O)OC[C@@H](O)COP(=O)(O)OC[C@@H](COC(=O)CCCCCCCCC(C)CC)OC(=O)CCCCCCCCCCCCCCCCC(C)C)OC(=O)CCCCCCCCC(C)C. The molecule has 0 aliphatic rings. The van der Waals surface area contributed by atoms with Crippen LogP contribution in [0.25, 0.3) is 0 Å². The number of phosphoric acid groups is 2. The van der Waals surface area contributed by atoms with Crippen LogP contribution >= 0.6 is 15.6 Å². The van der Waals surface area contributed by atoms with Crippen LogP contribution in [0.1, 0.15) is 338 Å². The van der Waals surface area contributed by atoms with Crippen LogP contribution in [0, 0.1) is 23.7 Å². The summed E-state index contributed by atoms with van der Waals surface area (Å²) >= 11 is 0. The summed E-state index contributed by atoms with van der Waals surface area (Å²) in [6, 6.07) is 0. The van der Waals surface area contributed by atoms with Gasteiger partial charge in [0.25, 0.3) is 0 Å². The number of rotatable bonds is 66. The van der Waals surface area contributed by atoms with Gasteiger partial charge in [-0.2, -0.15) is 0 Å².